The minimum atomic E-state index is 0.159. The Kier molecular flexibility index (Phi) is 5.49. The average molecular weight is 387 g/mol. The van der Waals surface area contributed by atoms with E-state index < -0.39 is 0 Å². The lowest BCUT2D eigenvalue weighted by Crippen LogP contribution is -2.19. The Morgan fingerprint density at radius 1 is 1.07 bits per heavy atom. The van der Waals surface area contributed by atoms with Gasteiger partial charge in [-0.05, 0) is 55.8 Å². The van der Waals surface area contributed by atoms with Gasteiger partial charge >= 0.3 is 0 Å². The first-order chi connectivity index (χ1) is 14.2. The first-order valence-electron chi connectivity index (χ1n) is 9.71. The van der Waals surface area contributed by atoms with E-state index in [0.29, 0.717) is 0 Å². The maximum atomic E-state index is 5.59. The molecule has 0 spiro atoms. The quantitative estimate of drug-likeness (QED) is 0.467. The van der Waals surface area contributed by atoms with E-state index in [2.05, 4.69) is 42.5 Å². The molecular formula is C24H25N3O2. The predicted octanol–water partition coefficient (Wildman–Crippen LogP) is 5.30. The van der Waals surface area contributed by atoms with Gasteiger partial charge in [0, 0.05) is 29.4 Å². The Balaban J connectivity index is 1.50. The van der Waals surface area contributed by atoms with Crippen molar-refractivity contribution in [3.05, 3.63) is 89.9 Å². The summed E-state index contributed by atoms with van der Waals surface area (Å²) in [5, 5.41) is 8.22. The normalized spacial score (nSPS) is 12.1. The largest absolute Gasteiger partial charge is 0.497 e. The molecule has 5 heteroatoms. The van der Waals surface area contributed by atoms with Crippen LogP contribution < -0.4 is 10.1 Å². The van der Waals surface area contributed by atoms with Crippen LogP contribution in [0.5, 0.6) is 5.75 Å². The summed E-state index contributed by atoms with van der Waals surface area (Å²) in [6, 6.07) is 20.3. The van der Waals surface area contributed by atoms with Crippen LogP contribution in [0, 0.1) is 6.92 Å². The van der Waals surface area contributed by atoms with Crippen LogP contribution in [0.4, 0.5) is 0 Å². The van der Waals surface area contributed by atoms with E-state index in [-0.39, 0.29) is 6.04 Å². The fraction of sp³-hybridized carbons (Fsp3) is 0.208. The smallest absolute Gasteiger partial charge is 0.134 e. The Hall–Kier alpha value is -3.31. The molecule has 0 amide bonds. The van der Waals surface area contributed by atoms with Crippen LogP contribution in [0.15, 0.2) is 77.5 Å². The van der Waals surface area contributed by atoms with Crippen molar-refractivity contribution in [3.63, 3.8) is 0 Å². The van der Waals surface area contributed by atoms with Crippen LogP contribution in [-0.4, -0.2) is 16.9 Å². The Morgan fingerprint density at radius 3 is 2.59 bits per heavy atom. The summed E-state index contributed by atoms with van der Waals surface area (Å²) < 4.78 is 12.8. The lowest BCUT2D eigenvalue weighted by molar-refractivity contribution is 0.414. The number of ether oxygens (including phenoxy) is 1. The highest BCUT2D eigenvalue weighted by atomic mass is 16.5. The molecule has 29 heavy (non-hydrogen) atoms. The van der Waals surface area contributed by atoms with Gasteiger partial charge in [0.15, 0.2) is 0 Å². The molecule has 0 aliphatic carbocycles. The first-order valence-corrected chi connectivity index (χ1v) is 9.71. The third-order valence-electron chi connectivity index (χ3n) is 5.23. The number of hydrogen-bond donors (Lipinski definition) is 1. The fourth-order valence-electron chi connectivity index (χ4n) is 3.55. The molecule has 2 aromatic heterocycles. The van der Waals surface area contributed by atoms with Crippen molar-refractivity contribution in [2.24, 2.45) is 0 Å². The second-order valence-electron chi connectivity index (χ2n) is 7.03. The van der Waals surface area contributed by atoms with Gasteiger partial charge in [0.2, 0.25) is 0 Å². The van der Waals surface area contributed by atoms with Crippen molar-refractivity contribution in [1.29, 1.82) is 0 Å². The van der Waals surface area contributed by atoms with Gasteiger partial charge in [-0.15, -0.1) is 0 Å². The van der Waals surface area contributed by atoms with Crippen molar-refractivity contribution in [3.8, 4) is 22.8 Å². The van der Waals surface area contributed by atoms with Gasteiger partial charge in [-0.3, -0.25) is 0 Å². The molecule has 1 N–H and O–H groups in total. The van der Waals surface area contributed by atoms with Gasteiger partial charge in [-0.1, -0.05) is 24.3 Å². The van der Waals surface area contributed by atoms with Crippen LogP contribution in [0.3, 0.4) is 0 Å². The van der Waals surface area contributed by atoms with E-state index in [1.165, 1.54) is 11.1 Å². The summed E-state index contributed by atoms with van der Waals surface area (Å²) in [7, 11) is 1.67. The number of furan rings is 1. The number of nitrogens with zero attached hydrogens (tertiary/aromatic N) is 2. The van der Waals surface area contributed by atoms with Crippen molar-refractivity contribution in [2.45, 2.75) is 26.4 Å². The zero-order valence-electron chi connectivity index (χ0n) is 16.9. The van der Waals surface area contributed by atoms with E-state index in [4.69, 9.17) is 9.15 Å². The van der Waals surface area contributed by atoms with Gasteiger partial charge in [0.05, 0.1) is 25.3 Å². The molecule has 4 rings (SSSR count). The van der Waals surface area contributed by atoms with Gasteiger partial charge in [-0.25, -0.2) is 4.68 Å². The molecule has 0 saturated heterocycles. The van der Waals surface area contributed by atoms with E-state index in [1.54, 1.807) is 13.4 Å². The molecule has 5 nitrogen and oxygen atoms in total. The average Bonchev–Trinajstić information content (AvgIpc) is 3.42. The van der Waals surface area contributed by atoms with Crippen molar-refractivity contribution in [2.75, 3.05) is 7.11 Å². The first kappa shape index (κ1) is 19.0. The van der Waals surface area contributed by atoms with Gasteiger partial charge in [0.25, 0.3) is 0 Å². The molecule has 0 aliphatic heterocycles. The summed E-state index contributed by atoms with van der Waals surface area (Å²) in [5.74, 6) is 1.72. The monoisotopic (exact) mass is 387 g/mol. The molecule has 0 saturated carbocycles. The number of aromatic nitrogens is 2. The second-order valence-corrected chi connectivity index (χ2v) is 7.03. The molecule has 2 aromatic carbocycles. The minimum absolute atomic E-state index is 0.159. The fourth-order valence-corrected chi connectivity index (χ4v) is 3.55. The molecule has 4 aromatic rings. The molecule has 0 aliphatic rings. The van der Waals surface area contributed by atoms with Crippen LogP contribution >= 0.6 is 0 Å². The molecule has 2 heterocycles. The Bertz CT molecular complexity index is 1070. The SMILES string of the molecule is COc1ccc(-n2ncc(C(C)NCc3ccccc3-c3ccco3)c2C)cc1. The van der Waals surface area contributed by atoms with Gasteiger partial charge < -0.3 is 14.5 Å². The molecular weight excluding hydrogens is 362 g/mol. The highest BCUT2D eigenvalue weighted by Gasteiger charge is 2.15. The van der Waals surface area contributed by atoms with E-state index >= 15 is 0 Å². The van der Waals surface area contributed by atoms with E-state index in [9.17, 15) is 0 Å². The Morgan fingerprint density at radius 2 is 1.86 bits per heavy atom. The van der Waals surface area contributed by atoms with E-state index in [1.807, 2.05) is 53.3 Å². The summed E-state index contributed by atoms with van der Waals surface area (Å²) in [6.07, 6.45) is 3.65. The zero-order valence-corrected chi connectivity index (χ0v) is 16.9. The number of methoxy groups -OCH3 is 1. The van der Waals surface area contributed by atoms with Crippen LogP contribution in [0.1, 0.15) is 29.8 Å². The molecule has 0 fully saturated rings. The predicted molar refractivity (Wildman–Crippen MR) is 114 cm³/mol. The van der Waals surface area contributed by atoms with Crippen molar-refractivity contribution < 1.29 is 9.15 Å². The topological polar surface area (TPSA) is 52.2 Å². The third-order valence-corrected chi connectivity index (χ3v) is 5.23. The standard InChI is InChI=1S/C24H25N3O2/c1-17(25-15-19-7-4-5-8-22(19)24-9-6-14-29-24)23-16-26-27(18(23)2)20-10-12-21(28-3)13-11-20/h4-14,16-17,25H,15H2,1-3H3. The minimum Gasteiger partial charge on any atom is -0.497 e. The van der Waals surface area contributed by atoms with Gasteiger partial charge in [0.1, 0.15) is 11.5 Å². The maximum Gasteiger partial charge on any atom is 0.134 e. The lowest BCUT2D eigenvalue weighted by atomic mass is 10.0. The number of nitrogens with one attached hydrogen (secondary N) is 1. The van der Waals surface area contributed by atoms with Crippen molar-refractivity contribution >= 4 is 0 Å². The maximum absolute atomic E-state index is 5.59. The van der Waals surface area contributed by atoms with Crippen LogP contribution in [0.2, 0.25) is 0 Å². The lowest BCUT2D eigenvalue weighted by Gasteiger charge is -2.16. The summed E-state index contributed by atoms with van der Waals surface area (Å²) in [6.45, 7) is 5.00. The summed E-state index contributed by atoms with van der Waals surface area (Å²) in [5.41, 5.74) is 5.63. The summed E-state index contributed by atoms with van der Waals surface area (Å²) in [4.78, 5) is 0. The summed E-state index contributed by atoms with van der Waals surface area (Å²) >= 11 is 0. The van der Waals surface area contributed by atoms with Crippen molar-refractivity contribution in [1.82, 2.24) is 15.1 Å². The van der Waals surface area contributed by atoms with E-state index in [0.717, 1.165) is 35.0 Å². The number of rotatable bonds is 7. The van der Waals surface area contributed by atoms with Crippen LogP contribution in [-0.2, 0) is 6.54 Å². The van der Waals surface area contributed by atoms with Crippen LogP contribution in [0.25, 0.3) is 17.0 Å². The molecule has 1 atom stereocenters. The number of benzene rings is 2. The molecule has 148 valence electrons. The zero-order chi connectivity index (χ0) is 20.2. The Labute approximate surface area is 170 Å². The number of hydrogen-bond acceptors (Lipinski definition) is 4. The molecule has 0 radical (unpaired) electrons. The van der Waals surface area contributed by atoms with Gasteiger partial charge in [-0.2, -0.15) is 5.10 Å². The highest BCUT2D eigenvalue weighted by Crippen LogP contribution is 2.26. The highest BCUT2D eigenvalue weighted by molar-refractivity contribution is 5.61. The second kappa shape index (κ2) is 8.37. The molecule has 0 bridgehead atoms. The molecule has 1 unspecified atom stereocenters. The third kappa shape index (κ3) is 3.96.